The van der Waals surface area contributed by atoms with Gasteiger partial charge in [-0.3, -0.25) is 4.90 Å². The fraction of sp³-hybridized carbons (Fsp3) is 0.632. The summed E-state index contributed by atoms with van der Waals surface area (Å²) in [6, 6.07) is 9.11. The average Bonchev–Trinajstić information content (AvgIpc) is 2.94. The molecule has 1 aromatic rings. The summed E-state index contributed by atoms with van der Waals surface area (Å²) in [5.41, 5.74) is 1.18. The molecule has 0 bridgehead atoms. The molecule has 2 N–H and O–H groups in total. The Morgan fingerprint density at radius 2 is 1.96 bits per heavy atom. The van der Waals surface area contributed by atoms with E-state index in [9.17, 15) is 0 Å². The number of rotatable bonds is 6. The highest BCUT2D eigenvalue weighted by molar-refractivity contribution is 14.0. The number of aliphatic imine (C=N–C) groups is 1. The third-order valence-corrected chi connectivity index (χ3v) is 4.62. The summed E-state index contributed by atoms with van der Waals surface area (Å²) >= 11 is 0. The number of nitrogens with one attached hydrogen (secondary N) is 2. The molecule has 2 rings (SSSR count). The highest BCUT2D eigenvalue weighted by Gasteiger charge is 2.31. The summed E-state index contributed by atoms with van der Waals surface area (Å²) < 4.78 is 5.20. The van der Waals surface area contributed by atoms with Gasteiger partial charge in [0.1, 0.15) is 5.75 Å². The van der Waals surface area contributed by atoms with Crippen LogP contribution in [-0.2, 0) is 6.54 Å². The number of halogens is 1. The van der Waals surface area contributed by atoms with Crippen molar-refractivity contribution in [3.05, 3.63) is 29.8 Å². The zero-order valence-corrected chi connectivity index (χ0v) is 18.4. The lowest BCUT2D eigenvalue weighted by molar-refractivity contribution is 0.265. The number of nitrogens with zero attached hydrogens (tertiary/aromatic N) is 2. The van der Waals surface area contributed by atoms with Gasteiger partial charge in [0, 0.05) is 31.7 Å². The fourth-order valence-electron chi connectivity index (χ4n) is 3.01. The van der Waals surface area contributed by atoms with E-state index < -0.39 is 0 Å². The smallest absolute Gasteiger partial charge is 0.191 e. The first kappa shape index (κ1) is 22.0. The van der Waals surface area contributed by atoms with Crippen LogP contribution in [-0.4, -0.2) is 49.7 Å². The van der Waals surface area contributed by atoms with Gasteiger partial charge < -0.3 is 15.4 Å². The van der Waals surface area contributed by atoms with Gasteiger partial charge in [0.25, 0.3) is 0 Å². The van der Waals surface area contributed by atoms with Crippen molar-refractivity contribution in [2.75, 3.05) is 26.7 Å². The molecule has 0 aromatic heterocycles. The molecule has 6 heteroatoms. The zero-order chi connectivity index (χ0) is 17.5. The predicted molar refractivity (Wildman–Crippen MR) is 116 cm³/mol. The van der Waals surface area contributed by atoms with E-state index in [1.807, 2.05) is 12.1 Å². The minimum absolute atomic E-state index is 0. The number of guanidine groups is 1. The molecular formula is C19H33IN4O. The molecular weight excluding hydrogens is 427 g/mol. The first-order valence-corrected chi connectivity index (χ1v) is 8.95. The fourth-order valence-corrected chi connectivity index (χ4v) is 3.01. The molecule has 0 aliphatic carbocycles. The summed E-state index contributed by atoms with van der Waals surface area (Å²) in [7, 11) is 1.68. The van der Waals surface area contributed by atoms with Gasteiger partial charge in [0.15, 0.2) is 5.96 Å². The lowest BCUT2D eigenvalue weighted by atomic mass is 10.1. The van der Waals surface area contributed by atoms with E-state index in [1.54, 1.807) is 7.11 Å². The van der Waals surface area contributed by atoms with Gasteiger partial charge in [0.2, 0.25) is 0 Å². The van der Waals surface area contributed by atoms with Gasteiger partial charge in [-0.1, -0.05) is 19.1 Å². The molecule has 0 radical (unpaired) electrons. The van der Waals surface area contributed by atoms with Crippen LogP contribution >= 0.6 is 24.0 Å². The lowest BCUT2D eigenvalue weighted by Crippen LogP contribution is -2.46. The first-order chi connectivity index (χ1) is 11.5. The highest BCUT2D eigenvalue weighted by atomic mass is 127. The quantitative estimate of drug-likeness (QED) is 0.389. The summed E-state index contributed by atoms with van der Waals surface area (Å²) in [5, 5.41) is 6.98. The van der Waals surface area contributed by atoms with Crippen LogP contribution in [0.5, 0.6) is 5.75 Å². The normalized spacial score (nSPS) is 21.1. The number of methoxy groups -OCH3 is 1. The summed E-state index contributed by atoms with van der Waals surface area (Å²) in [4.78, 5) is 7.27. The Kier molecular flexibility index (Phi) is 9.56. The second-order valence-electron chi connectivity index (χ2n) is 6.82. The molecule has 5 nitrogen and oxygen atoms in total. The maximum Gasteiger partial charge on any atom is 0.191 e. The molecule has 1 saturated heterocycles. The number of hydrogen-bond acceptors (Lipinski definition) is 3. The lowest BCUT2D eigenvalue weighted by Gasteiger charge is -2.22. The molecule has 1 aliphatic rings. The molecule has 0 saturated carbocycles. The zero-order valence-electron chi connectivity index (χ0n) is 16.1. The van der Waals surface area contributed by atoms with Crippen molar-refractivity contribution >= 4 is 29.9 Å². The van der Waals surface area contributed by atoms with Gasteiger partial charge in [-0.05, 0) is 44.4 Å². The maximum absolute atomic E-state index is 5.20. The third-order valence-electron chi connectivity index (χ3n) is 4.62. The van der Waals surface area contributed by atoms with Crippen molar-refractivity contribution < 1.29 is 4.74 Å². The van der Waals surface area contributed by atoms with Crippen LogP contribution in [0, 0.1) is 5.92 Å². The second-order valence-corrected chi connectivity index (χ2v) is 6.82. The molecule has 0 spiro atoms. The molecule has 1 fully saturated rings. The monoisotopic (exact) mass is 460 g/mol. The average molecular weight is 460 g/mol. The third kappa shape index (κ3) is 6.66. The molecule has 2 atom stereocenters. The molecule has 142 valence electrons. The van der Waals surface area contributed by atoms with Crippen LogP contribution in [0.4, 0.5) is 0 Å². The van der Waals surface area contributed by atoms with Crippen LogP contribution in [0.1, 0.15) is 33.3 Å². The molecule has 25 heavy (non-hydrogen) atoms. The standard InChI is InChI=1S/C19H32N4O.HI/c1-6-20-19(21-11-16-7-9-17(24-5)10-8-16)22-18-13-23(14(2)3)12-15(18)4;/h7-10,14-15,18H,6,11-13H2,1-5H3,(H2,20,21,22);1H. The van der Waals surface area contributed by atoms with Crippen LogP contribution in [0.15, 0.2) is 29.3 Å². The number of likely N-dealkylation sites (tertiary alicyclic amines) is 1. The van der Waals surface area contributed by atoms with E-state index in [0.29, 0.717) is 24.5 Å². The van der Waals surface area contributed by atoms with Crippen LogP contribution in [0.25, 0.3) is 0 Å². The number of benzene rings is 1. The van der Waals surface area contributed by atoms with Gasteiger partial charge >= 0.3 is 0 Å². The Morgan fingerprint density at radius 1 is 1.28 bits per heavy atom. The van der Waals surface area contributed by atoms with Crippen molar-refractivity contribution in [2.24, 2.45) is 10.9 Å². The Bertz CT molecular complexity index is 533. The molecule has 1 aliphatic heterocycles. The van der Waals surface area contributed by atoms with Crippen molar-refractivity contribution in [1.82, 2.24) is 15.5 Å². The Balaban J connectivity index is 0.00000312. The highest BCUT2D eigenvalue weighted by Crippen LogP contribution is 2.18. The van der Waals surface area contributed by atoms with Gasteiger partial charge in [0.05, 0.1) is 13.7 Å². The van der Waals surface area contributed by atoms with E-state index in [4.69, 9.17) is 9.73 Å². The van der Waals surface area contributed by atoms with E-state index in [-0.39, 0.29) is 24.0 Å². The molecule has 1 aromatic carbocycles. The molecule has 2 unspecified atom stereocenters. The summed E-state index contributed by atoms with van der Waals surface area (Å²) in [6.45, 7) is 12.7. The van der Waals surface area contributed by atoms with Crippen molar-refractivity contribution in [2.45, 2.75) is 46.3 Å². The van der Waals surface area contributed by atoms with Gasteiger partial charge in [-0.15, -0.1) is 24.0 Å². The predicted octanol–water partition coefficient (Wildman–Crippen LogP) is 3.10. The van der Waals surface area contributed by atoms with E-state index in [0.717, 1.165) is 31.3 Å². The van der Waals surface area contributed by atoms with E-state index in [1.165, 1.54) is 5.56 Å². The minimum atomic E-state index is 0. The van der Waals surface area contributed by atoms with E-state index in [2.05, 4.69) is 55.4 Å². The molecule has 1 heterocycles. The summed E-state index contributed by atoms with van der Waals surface area (Å²) in [6.07, 6.45) is 0. The van der Waals surface area contributed by atoms with Crippen molar-refractivity contribution in [1.29, 1.82) is 0 Å². The Morgan fingerprint density at radius 3 is 2.48 bits per heavy atom. The summed E-state index contributed by atoms with van der Waals surface area (Å²) in [5.74, 6) is 2.40. The largest absolute Gasteiger partial charge is 0.497 e. The Labute approximate surface area is 169 Å². The SMILES string of the molecule is CCNC(=NCc1ccc(OC)cc1)NC1CN(C(C)C)CC1C.I. The minimum Gasteiger partial charge on any atom is -0.497 e. The first-order valence-electron chi connectivity index (χ1n) is 8.95. The van der Waals surface area contributed by atoms with Crippen LogP contribution < -0.4 is 15.4 Å². The number of ether oxygens (including phenoxy) is 1. The maximum atomic E-state index is 5.20. The van der Waals surface area contributed by atoms with Gasteiger partial charge in [-0.25, -0.2) is 4.99 Å². The Hall–Kier alpha value is -1.02. The van der Waals surface area contributed by atoms with E-state index >= 15 is 0 Å². The van der Waals surface area contributed by atoms with Crippen molar-refractivity contribution in [3.8, 4) is 5.75 Å². The van der Waals surface area contributed by atoms with Crippen LogP contribution in [0.2, 0.25) is 0 Å². The van der Waals surface area contributed by atoms with Gasteiger partial charge in [-0.2, -0.15) is 0 Å². The molecule has 0 amide bonds. The second kappa shape index (κ2) is 10.9. The topological polar surface area (TPSA) is 48.9 Å². The number of hydrogen-bond donors (Lipinski definition) is 2. The van der Waals surface area contributed by atoms with Crippen LogP contribution in [0.3, 0.4) is 0 Å². The van der Waals surface area contributed by atoms with Crippen molar-refractivity contribution in [3.63, 3.8) is 0 Å².